The van der Waals surface area contributed by atoms with Gasteiger partial charge < -0.3 is 9.64 Å². The number of benzene rings is 1. The summed E-state index contributed by atoms with van der Waals surface area (Å²) in [4.78, 5) is 14.7. The molecule has 0 aliphatic carbocycles. The topological polar surface area (TPSA) is 29.5 Å². The number of aryl methyl sites for hydroxylation is 1. The number of rotatable bonds is 4. The maximum Gasteiger partial charge on any atom is 0.226 e. The molecule has 1 aromatic rings. The van der Waals surface area contributed by atoms with E-state index in [1.807, 2.05) is 4.90 Å². The van der Waals surface area contributed by atoms with E-state index < -0.39 is 0 Å². The summed E-state index contributed by atoms with van der Waals surface area (Å²) in [7, 11) is 0. The van der Waals surface area contributed by atoms with Gasteiger partial charge in [-0.1, -0.05) is 43.7 Å². The van der Waals surface area contributed by atoms with Crippen molar-refractivity contribution in [2.75, 3.05) is 13.2 Å². The molecule has 1 aliphatic rings. The first-order chi connectivity index (χ1) is 10.1. The molecular formula is C18H27NO2. The zero-order valence-electron chi connectivity index (χ0n) is 13.6. The summed E-state index contributed by atoms with van der Waals surface area (Å²) in [6.45, 7) is 9.62. The van der Waals surface area contributed by atoms with Crippen LogP contribution in [0.2, 0.25) is 0 Å². The van der Waals surface area contributed by atoms with Crippen LogP contribution in [-0.2, 0) is 9.53 Å². The fraction of sp³-hybridized carbons (Fsp3) is 0.611. The second kappa shape index (κ2) is 7.08. The average Bonchev–Trinajstić information content (AvgIpc) is 2.50. The van der Waals surface area contributed by atoms with Gasteiger partial charge in [0.25, 0.3) is 0 Å². The van der Waals surface area contributed by atoms with Crippen LogP contribution in [0, 0.1) is 12.8 Å². The summed E-state index contributed by atoms with van der Waals surface area (Å²) in [5, 5.41) is 0. The van der Waals surface area contributed by atoms with Gasteiger partial charge >= 0.3 is 0 Å². The summed E-state index contributed by atoms with van der Waals surface area (Å²) in [5.74, 6) is 0.428. The van der Waals surface area contributed by atoms with Crippen LogP contribution in [-0.4, -0.2) is 30.0 Å². The Balaban J connectivity index is 2.12. The summed E-state index contributed by atoms with van der Waals surface area (Å²) >= 11 is 0. The first-order valence-electron chi connectivity index (χ1n) is 8.05. The van der Waals surface area contributed by atoms with Gasteiger partial charge in [-0.3, -0.25) is 4.79 Å². The van der Waals surface area contributed by atoms with Crippen molar-refractivity contribution in [3.8, 4) is 0 Å². The highest BCUT2D eigenvalue weighted by atomic mass is 16.5. The summed E-state index contributed by atoms with van der Waals surface area (Å²) < 4.78 is 5.95. The van der Waals surface area contributed by atoms with E-state index in [1.165, 1.54) is 5.56 Å². The van der Waals surface area contributed by atoms with Crippen molar-refractivity contribution in [3.05, 3.63) is 35.4 Å². The average molecular weight is 289 g/mol. The Hall–Kier alpha value is -1.35. The van der Waals surface area contributed by atoms with E-state index in [0.717, 1.165) is 18.4 Å². The van der Waals surface area contributed by atoms with Gasteiger partial charge in [0, 0.05) is 5.92 Å². The largest absolute Gasteiger partial charge is 0.370 e. The van der Waals surface area contributed by atoms with Crippen LogP contribution >= 0.6 is 0 Å². The molecule has 0 N–H and O–H groups in total. The van der Waals surface area contributed by atoms with Crippen molar-refractivity contribution in [1.82, 2.24) is 4.90 Å². The second-order valence-corrected chi connectivity index (χ2v) is 6.09. The van der Waals surface area contributed by atoms with Gasteiger partial charge in [0.15, 0.2) is 0 Å². The Morgan fingerprint density at radius 2 is 1.90 bits per heavy atom. The molecule has 0 spiro atoms. The number of ether oxygens (including phenoxy) is 1. The lowest BCUT2D eigenvalue weighted by molar-refractivity contribution is -0.149. The van der Waals surface area contributed by atoms with Gasteiger partial charge in [0.05, 0.1) is 19.2 Å². The zero-order valence-corrected chi connectivity index (χ0v) is 13.6. The van der Waals surface area contributed by atoms with Gasteiger partial charge in [0.1, 0.15) is 6.10 Å². The van der Waals surface area contributed by atoms with E-state index >= 15 is 0 Å². The van der Waals surface area contributed by atoms with Crippen molar-refractivity contribution in [3.63, 3.8) is 0 Å². The molecule has 1 heterocycles. The highest BCUT2D eigenvalue weighted by molar-refractivity contribution is 5.79. The number of amides is 1. The van der Waals surface area contributed by atoms with Gasteiger partial charge in [0.2, 0.25) is 5.91 Å². The molecule has 1 aliphatic heterocycles. The number of hydrogen-bond donors (Lipinski definition) is 0. The van der Waals surface area contributed by atoms with Crippen LogP contribution in [0.4, 0.5) is 0 Å². The van der Waals surface area contributed by atoms with Gasteiger partial charge in [-0.2, -0.15) is 0 Å². The highest BCUT2D eigenvalue weighted by Crippen LogP contribution is 2.27. The maximum atomic E-state index is 12.7. The Kier molecular flexibility index (Phi) is 5.40. The van der Waals surface area contributed by atoms with E-state index in [-0.39, 0.29) is 24.0 Å². The lowest BCUT2D eigenvalue weighted by Gasteiger charge is -2.39. The molecular weight excluding hydrogens is 262 g/mol. The number of nitrogens with zero attached hydrogens (tertiary/aromatic N) is 1. The molecule has 2 unspecified atom stereocenters. The van der Waals surface area contributed by atoms with Crippen LogP contribution in [0.15, 0.2) is 24.3 Å². The van der Waals surface area contributed by atoms with Crippen LogP contribution in [0.3, 0.4) is 0 Å². The number of hydrogen-bond acceptors (Lipinski definition) is 2. The second-order valence-electron chi connectivity index (χ2n) is 6.09. The van der Waals surface area contributed by atoms with Crippen molar-refractivity contribution >= 4 is 5.91 Å². The van der Waals surface area contributed by atoms with Gasteiger partial charge in [-0.05, 0) is 32.3 Å². The van der Waals surface area contributed by atoms with Crippen molar-refractivity contribution in [2.45, 2.75) is 52.7 Å². The lowest BCUT2D eigenvalue weighted by Crippen LogP contribution is -2.50. The van der Waals surface area contributed by atoms with Gasteiger partial charge in [-0.15, -0.1) is 0 Å². The molecule has 116 valence electrons. The fourth-order valence-electron chi connectivity index (χ4n) is 2.92. The van der Waals surface area contributed by atoms with E-state index in [4.69, 9.17) is 4.74 Å². The quantitative estimate of drug-likeness (QED) is 0.845. The minimum atomic E-state index is 0.000104. The first kappa shape index (κ1) is 16.0. The predicted molar refractivity (Wildman–Crippen MR) is 85.1 cm³/mol. The molecule has 3 heteroatoms. The highest BCUT2D eigenvalue weighted by Gasteiger charge is 2.32. The Labute approximate surface area is 128 Å². The molecule has 2 atom stereocenters. The first-order valence-corrected chi connectivity index (χ1v) is 8.05. The molecule has 0 bridgehead atoms. The Morgan fingerprint density at radius 3 is 2.48 bits per heavy atom. The van der Waals surface area contributed by atoms with Crippen LogP contribution < -0.4 is 0 Å². The third-order valence-corrected chi connectivity index (χ3v) is 4.50. The van der Waals surface area contributed by atoms with Crippen LogP contribution in [0.5, 0.6) is 0 Å². The predicted octanol–water partition coefficient (Wildman–Crippen LogP) is 3.72. The lowest BCUT2D eigenvalue weighted by atomic mass is 9.98. The molecule has 1 saturated heterocycles. The van der Waals surface area contributed by atoms with E-state index in [9.17, 15) is 4.79 Å². The number of carbonyl (C=O) groups excluding carboxylic acids is 1. The Bertz CT molecular complexity index is 465. The van der Waals surface area contributed by atoms with E-state index in [0.29, 0.717) is 13.2 Å². The number of carbonyl (C=O) groups is 1. The van der Waals surface area contributed by atoms with Crippen molar-refractivity contribution in [2.24, 2.45) is 5.92 Å². The number of morpholine rings is 1. The molecule has 1 amide bonds. The molecule has 0 aromatic heterocycles. The third kappa shape index (κ3) is 3.65. The Morgan fingerprint density at radius 1 is 1.29 bits per heavy atom. The SMILES string of the molecule is CCC(CC)C(=O)N1CC(c2ccc(C)cc2)OCC1C. The normalized spacial score (nSPS) is 22.6. The fourth-order valence-corrected chi connectivity index (χ4v) is 2.92. The zero-order chi connectivity index (χ0) is 15.4. The molecule has 0 radical (unpaired) electrons. The molecule has 3 nitrogen and oxygen atoms in total. The minimum Gasteiger partial charge on any atom is -0.370 e. The minimum absolute atomic E-state index is 0.000104. The molecule has 1 aromatic carbocycles. The molecule has 2 rings (SSSR count). The third-order valence-electron chi connectivity index (χ3n) is 4.50. The monoisotopic (exact) mass is 289 g/mol. The molecule has 21 heavy (non-hydrogen) atoms. The molecule has 0 saturated carbocycles. The standard InChI is InChI=1S/C18H27NO2/c1-5-15(6-2)18(20)19-11-17(21-12-14(19)4)16-9-7-13(3)8-10-16/h7-10,14-15,17H,5-6,11-12H2,1-4H3. The van der Waals surface area contributed by atoms with E-state index in [1.54, 1.807) is 0 Å². The summed E-state index contributed by atoms with van der Waals surface area (Å²) in [6, 6.07) is 8.58. The maximum absolute atomic E-state index is 12.7. The van der Waals surface area contributed by atoms with E-state index in [2.05, 4.69) is 52.0 Å². The van der Waals surface area contributed by atoms with Gasteiger partial charge in [-0.25, -0.2) is 0 Å². The summed E-state index contributed by atoms with van der Waals surface area (Å²) in [5.41, 5.74) is 2.41. The van der Waals surface area contributed by atoms with Crippen molar-refractivity contribution in [1.29, 1.82) is 0 Å². The van der Waals surface area contributed by atoms with Crippen molar-refractivity contribution < 1.29 is 9.53 Å². The van der Waals surface area contributed by atoms with Crippen LogP contribution in [0.25, 0.3) is 0 Å². The smallest absolute Gasteiger partial charge is 0.226 e. The van der Waals surface area contributed by atoms with Crippen LogP contribution in [0.1, 0.15) is 50.8 Å². The summed E-state index contributed by atoms with van der Waals surface area (Å²) in [6.07, 6.45) is 1.82. The molecule has 1 fully saturated rings.